The quantitative estimate of drug-likeness (QED) is 0.437. The van der Waals surface area contributed by atoms with Crippen LogP contribution in [-0.4, -0.2) is 45.6 Å². The molecule has 6 heteroatoms. The number of sulfone groups is 1. The van der Waals surface area contributed by atoms with Crippen molar-refractivity contribution in [1.29, 1.82) is 0 Å². The van der Waals surface area contributed by atoms with Gasteiger partial charge >= 0.3 is 5.97 Å². The highest BCUT2D eigenvalue weighted by atomic mass is 32.2. The monoisotopic (exact) mass is 261 g/mol. The fourth-order valence-corrected chi connectivity index (χ4v) is 3.60. The van der Waals surface area contributed by atoms with E-state index in [4.69, 9.17) is 0 Å². The molecule has 0 aromatic heterocycles. The standard InChI is InChI=1S/C11H19NO4S/c1-9(11(13)16-2)5-6-12-8-10-4-3-7-17(10,14)15/h5,10,12H,3-4,6-8H2,1-2H3. The van der Waals surface area contributed by atoms with E-state index in [1.54, 1.807) is 13.0 Å². The molecule has 1 fully saturated rings. The van der Waals surface area contributed by atoms with Crippen LogP contribution in [0.25, 0.3) is 0 Å². The van der Waals surface area contributed by atoms with Gasteiger partial charge in [0.25, 0.3) is 0 Å². The van der Waals surface area contributed by atoms with Crippen molar-refractivity contribution in [3.05, 3.63) is 11.6 Å². The molecular formula is C11H19NO4S. The van der Waals surface area contributed by atoms with Gasteiger partial charge in [0.2, 0.25) is 0 Å². The largest absolute Gasteiger partial charge is 0.466 e. The van der Waals surface area contributed by atoms with Crippen LogP contribution in [0.2, 0.25) is 0 Å². The van der Waals surface area contributed by atoms with E-state index in [0.29, 0.717) is 24.4 Å². The van der Waals surface area contributed by atoms with Gasteiger partial charge in [-0.05, 0) is 19.8 Å². The molecule has 17 heavy (non-hydrogen) atoms. The Balaban J connectivity index is 2.32. The fraction of sp³-hybridized carbons (Fsp3) is 0.727. The molecule has 0 aromatic carbocycles. The van der Waals surface area contributed by atoms with Gasteiger partial charge in [0, 0.05) is 18.7 Å². The molecule has 1 N–H and O–H groups in total. The smallest absolute Gasteiger partial charge is 0.333 e. The van der Waals surface area contributed by atoms with E-state index in [1.807, 2.05) is 0 Å². The average molecular weight is 261 g/mol. The number of carbonyl (C=O) groups excluding carboxylic acids is 1. The van der Waals surface area contributed by atoms with E-state index in [0.717, 1.165) is 12.8 Å². The molecule has 1 aliphatic rings. The molecule has 0 aliphatic carbocycles. The zero-order valence-electron chi connectivity index (χ0n) is 10.2. The topological polar surface area (TPSA) is 72.5 Å². The molecule has 1 heterocycles. The number of esters is 1. The van der Waals surface area contributed by atoms with Gasteiger partial charge in [-0.3, -0.25) is 0 Å². The van der Waals surface area contributed by atoms with Crippen molar-refractivity contribution in [1.82, 2.24) is 5.32 Å². The summed E-state index contributed by atoms with van der Waals surface area (Å²) >= 11 is 0. The second-order valence-electron chi connectivity index (χ2n) is 4.17. The minimum atomic E-state index is -2.88. The third-order valence-electron chi connectivity index (χ3n) is 2.89. The van der Waals surface area contributed by atoms with Crippen LogP contribution in [0.3, 0.4) is 0 Å². The van der Waals surface area contributed by atoms with Gasteiger partial charge in [0.05, 0.1) is 18.1 Å². The Morgan fingerprint density at radius 2 is 2.24 bits per heavy atom. The van der Waals surface area contributed by atoms with E-state index >= 15 is 0 Å². The summed E-state index contributed by atoms with van der Waals surface area (Å²) in [6.45, 7) is 2.60. The maximum absolute atomic E-state index is 11.5. The van der Waals surface area contributed by atoms with Gasteiger partial charge in [-0.25, -0.2) is 13.2 Å². The van der Waals surface area contributed by atoms with Gasteiger partial charge in [0.1, 0.15) is 0 Å². The molecule has 1 saturated heterocycles. The Hall–Kier alpha value is -0.880. The lowest BCUT2D eigenvalue weighted by Crippen LogP contribution is -2.30. The molecular weight excluding hydrogens is 242 g/mol. The summed E-state index contributed by atoms with van der Waals surface area (Å²) in [7, 11) is -1.55. The van der Waals surface area contributed by atoms with Crippen molar-refractivity contribution >= 4 is 15.8 Å². The number of carbonyl (C=O) groups is 1. The highest BCUT2D eigenvalue weighted by Gasteiger charge is 2.30. The van der Waals surface area contributed by atoms with Crippen molar-refractivity contribution in [3.8, 4) is 0 Å². The van der Waals surface area contributed by atoms with Gasteiger partial charge in [-0.15, -0.1) is 0 Å². The van der Waals surface area contributed by atoms with Crippen molar-refractivity contribution in [2.75, 3.05) is 26.0 Å². The number of hydrogen-bond donors (Lipinski definition) is 1. The second-order valence-corrected chi connectivity index (χ2v) is 6.57. The second kappa shape index (κ2) is 6.16. The molecule has 0 radical (unpaired) electrons. The molecule has 5 nitrogen and oxygen atoms in total. The summed E-state index contributed by atoms with van der Waals surface area (Å²) in [5.74, 6) is -0.0589. The Bertz CT molecular complexity index is 400. The molecule has 1 atom stereocenters. The van der Waals surface area contributed by atoms with Crippen LogP contribution >= 0.6 is 0 Å². The van der Waals surface area contributed by atoms with E-state index in [2.05, 4.69) is 10.1 Å². The molecule has 0 saturated carbocycles. The molecule has 98 valence electrons. The molecule has 0 aromatic rings. The average Bonchev–Trinajstić information content (AvgIpc) is 2.62. The minimum Gasteiger partial charge on any atom is -0.466 e. The Morgan fingerprint density at radius 3 is 2.76 bits per heavy atom. The van der Waals surface area contributed by atoms with E-state index in [9.17, 15) is 13.2 Å². The summed E-state index contributed by atoms with van der Waals surface area (Å²) < 4.78 is 27.6. The number of nitrogens with one attached hydrogen (secondary N) is 1. The van der Waals surface area contributed by atoms with Crippen LogP contribution in [0.1, 0.15) is 19.8 Å². The van der Waals surface area contributed by atoms with Crippen molar-refractivity contribution in [2.24, 2.45) is 0 Å². The minimum absolute atomic E-state index is 0.269. The lowest BCUT2D eigenvalue weighted by Gasteiger charge is -2.09. The van der Waals surface area contributed by atoms with Crippen LogP contribution in [0.4, 0.5) is 0 Å². The fourth-order valence-electron chi connectivity index (χ4n) is 1.80. The van der Waals surface area contributed by atoms with Gasteiger partial charge in [0.15, 0.2) is 9.84 Å². The summed E-state index contributed by atoms with van der Waals surface area (Å²) in [5.41, 5.74) is 0.522. The Labute approximate surface area is 102 Å². The first-order valence-electron chi connectivity index (χ1n) is 5.64. The third-order valence-corrected chi connectivity index (χ3v) is 5.17. The summed E-state index contributed by atoms with van der Waals surface area (Å²) in [6.07, 6.45) is 3.19. The predicted molar refractivity (Wildman–Crippen MR) is 65.5 cm³/mol. The van der Waals surface area contributed by atoms with E-state index < -0.39 is 9.84 Å². The number of rotatable bonds is 5. The number of methoxy groups -OCH3 is 1. The highest BCUT2D eigenvalue weighted by Crippen LogP contribution is 2.18. The molecule has 0 bridgehead atoms. The third kappa shape index (κ3) is 4.12. The Kier molecular flexibility index (Phi) is 5.14. The van der Waals surface area contributed by atoms with Crippen molar-refractivity contribution in [2.45, 2.75) is 25.0 Å². The normalized spacial score (nSPS) is 23.6. The van der Waals surface area contributed by atoms with Gasteiger partial charge in [-0.2, -0.15) is 0 Å². The molecule has 0 spiro atoms. The van der Waals surface area contributed by atoms with Crippen molar-refractivity contribution < 1.29 is 17.9 Å². The summed E-state index contributed by atoms with van der Waals surface area (Å²) in [6, 6.07) is 0. The lowest BCUT2D eigenvalue weighted by atomic mass is 10.2. The lowest BCUT2D eigenvalue weighted by molar-refractivity contribution is -0.136. The first kappa shape index (κ1) is 14.2. The van der Waals surface area contributed by atoms with Crippen LogP contribution in [0.5, 0.6) is 0 Å². The van der Waals surface area contributed by atoms with Crippen molar-refractivity contribution in [3.63, 3.8) is 0 Å². The van der Waals surface area contributed by atoms with Crippen LogP contribution in [0, 0.1) is 0 Å². The first-order chi connectivity index (χ1) is 7.97. The molecule has 1 rings (SSSR count). The summed E-state index contributed by atoms with van der Waals surface area (Å²) in [5, 5.41) is 2.76. The van der Waals surface area contributed by atoms with Crippen LogP contribution in [0.15, 0.2) is 11.6 Å². The maximum atomic E-state index is 11.5. The van der Waals surface area contributed by atoms with Gasteiger partial charge in [-0.1, -0.05) is 6.08 Å². The highest BCUT2D eigenvalue weighted by molar-refractivity contribution is 7.92. The van der Waals surface area contributed by atoms with E-state index in [1.165, 1.54) is 7.11 Å². The predicted octanol–water partition coefficient (Wildman–Crippen LogP) is 0.272. The SMILES string of the molecule is COC(=O)C(C)=CCNCC1CCCS1(=O)=O. The maximum Gasteiger partial charge on any atom is 0.333 e. The summed E-state index contributed by atoms with van der Waals surface area (Å²) in [4.78, 5) is 11.1. The molecule has 0 amide bonds. The Morgan fingerprint density at radius 1 is 1.53 bits per heavy atom. The van der Waals surface area contributed by atoms with E-state index in [-0.39, 0.29) is 11.2 Å². The van der Waals surface area contributed by atoms with Crippen LogP contribution < -0.4 is 5.32 Å². The zero-order chi connectivity index (χ0) is 12.9. The number of hydrogen-bond acceptors (Lipinski definition) is 5. The molecule has 1 aliphatic heterocycles. The number of ether oxygens (including phenoxy) is 1. The zero-order valence-corrected chi connectivity index (χ0v) is 11.0. The van der Waals surface area contributed by atoms with Gasteiger partial charge < -0.3 is 10.1 Å². The first-order valence-corrected chi connectivity index (χ1v) is 7.36. The van der Waals surface area contributed by atoms with Crippen LogP contribution in [-0.2, 0) is 19.4 Å². The molecule has 1 unspecified atom stereocenters.